The zero-order valence-electron chi connectivity index (χ0n) is 9.58. The number of Topliss-reactive ketones (excluding diaryl/α,β-unsaturated/α-hetero) is 1. The number of nitro groups is 1. The number of aliphatic hydroxyl groups excluding tert-OH is 1. The minimum absolute atomic E-state index is 0.000900. The summed E-state index contributed by atoms with van der Waals surface area (Å²) in [6.45, 7) is -0.0410. The first-order chi connectivity index (χ1) is 8.95. The SMILES string of the molecule is O=C1C(=O)N(CC(O)CBr)c2ccc([N+](=O)[O-])cc21. The zero-order chi connectivity index (χ0) is 14.2. The molecule has 1 heterocycles. The number of aliphatic hydroxyl groups is 1. The van der Waals surface area contributed by atoms with E-state index in [9.17, 15) is 24.8 Å². The van der Waals surface area contributed by atoms with Crippen molar-refractivity contribution in [2.45, 2.75) is 6.10 Å². The molecule has 1 aliphatic rings. The Morgan fingerprint density at radius 3 is 2.68 bits per heavy atom. The monoisotopic (exact) mass is 328 g/mol. The fourth-order valence-corrected chi connectivity index (χ4v) is 2.05. The van der Waals surface area contributed by atoms with Crippen LogP contribution in [0.4, 0.5) is 11.4 Å². The van der Waals surface area contributed by atoms with Crippen molar-refractivity contribution >= 4 is 39.0 Å². The Hall–Kier alpha value is -1.80. The molecule has 1 N–H and O–H groups in total. The predicted octanol–water partition coefficient (Wildman–Crippen LogP) is 0.880. The summed E-state index contributed by atoms with van der Waals surface area (Å²) in [6, 6.07) is 3.64. The molecule has 0 bridgehead atoms. The average Bonchev–Trinajstić information content (AvgIpc) is 2.63. The largest absolute Gasteiger partial charge is 0.390 e. The van der Waals surface area contributed by atoms with Crippen LogP contribution in [0.3, 0.4) is 0 Å². The van der Waals surface area contributed by atoms with Crippen LogP contribution in [-0.4, -0.2) is 39.7 Å². The number of benzene rings is 1. The smallest absolute Gasteiger partial charge is 0.299 e. The molecule has 1 aliphatic heterocycles. The number of β-amino-alcohol motifs (C(OH)–C–C–N with tert-alkyl or cyclic N) is 1. The first-order valence-corrected chi connectivity index (χ1v) is 6.46. The summed E-state index contributed by atoms with van der Waals surface area (Å²) in [4.78, 5) is 34.7. The topological polar surface area (TPSA) is 101 Å². The maximum atomic E-state index is 11.8. The van der Waals surface area contributed by atoms with Crippen LogP contribution in [0, 0.1) is 10.1 Å². The Morgan fingerprint density at radius 1 is 1.42 bits per heavy atom. The number of nitro benzene ring substituents is 1. The summed E-state index contributed by atoms with van der Waals surface area (Å²) >= 11 is 3.07. The summed E-state index contributed by atoms with van der Waals surface area (Å²) in [6.07, 6.45) is -0.821. The Labute approximate surface area is 116 Å². The number of carbonyl (C=O) groups excluding carboxylic acids is 2. The van der Waals surface area contributed by atoms with Gasteiger partial charge >= 0.3 is 0 Å². The average molecular weight is 329 g/mol. The minimum atomic E-state index is -0.821. The van der Waals surface area contributed by atoms with E-state index in [1.54, 1.807) is 0 Å². The molecule has 100 valence electrons. The highest BCUT2D eigenvalue weighted by atomic mass is 79.9. The van der Waals surface area contributed by atoms with Gasteiger partial charge in [0, 0.05) is 17.5 Å². The Kier molecular flexibility index (Phi) is 3.63. The van der Waals surface area contributed by atoms with E-state index < -0.39 is 22.7 Å². The van der Waals surface area contributed by atoms with Gasteiger partial charge in [-0.25, -0.2) is 0 Å². The van der Waals surface area contributed by atoms with E-state index in [4.69, 9.17) is 0 Å². The third-order valence-electron chi connectivity index (χ3n) is 2.74. The standard InChI is InChI=1S/C11H9BrN2O5/c12-4-7(15)5-13-9-2-1-6(14(18)19)3-8(9)10(16)11(13)17/h1-3,7,15H,4-5H2. The van der Waals surface area contributed by atoms with Gasteiger partial charge in [0.15, 0.2) is 0 Å². The Morgan fingerprint density at radius 2 is 2.11 bits per heavy atom. The second-order valence-corrected chi connectivity index (χ2v) is 4.66. The molecule has 1 aromatic rings. The van der Waals surface area contributed by atoms with Crippen LogP contribution in [0.2, 0.25) is 0 Å². The lowest BCUT2D eigenvalue weighted by Gasteiger charge is -2.18. The number of carbonyl (C=O) groups is 2. The molecule has 7 nitrogen and oxygen atoms in total. The fraction of sp³-hybridized carbons (Fsp3) is 0.273. The van der Waals surface area contributed by atoms with Crippen LogP contribution in [0.5, 0.6) is 0 Å². The van der Waals surface area contributed by atoms with Crippen molar-refractivity contribution in [1.29, 1.82) is 0 Å². The van der Waals surface area contributed by atoms with Crippen molar-refractivity contribution in [1.82, 2.24) is 0 Å². The lowest BCUT2D eigenvalue weighted by atomic mass is 10.1. The molecule has 0 radical (unpaired) electrons. The van der Waals surface area contributed by atoms with E-state index in [1.165, 1.54) is 12.1 Å². The molecule has 0 aliphatic carbocycles. The number of alkyl halides is 1. The second-order valence-electron chi connectivity index (χ2n) is 4.01. The third kappa shape index (κ3) is 2.36. The van der Waals surface area contributed by atoms with Crippen molar-refractivity contribution in [2.24, 2.45) is 0 Å². The number of rotatable bonds is 4. The van der Waals surface area contributed by atoms with Crippen LogP contribution < -0.4 is 4.90 Å². The van der Waals surface area contributed by atoms with Gasteiger partial charge in [-0.2, -0.15) is 0 Å². The zero-order valence-corrected chi connectivity index (χ0v) is 11.2. The first-order valence-electron chi connectivity index (χ1n) is 5.34. The molecule has 0 fully saturated rings. The van der Waals surface area contributed by atoms with Gasteiger partial charge in [-0.15, -0.1) is 0 Å². The molecule has 19 heavy (non-hydrogen) atoms. The number of non-ortho nitro benzene ring substituents is 1. The maximum absolute atomic E-state index is 11.8. The van der Waals surface area contributed by atoms with Crippen LogP contribution >= 0.6 is 15.9 Å². The number of hydrogen-bond acceptors (Lipinski definition) is 5. The summed E-state index contributed by atoms with van der Waals surface area (Å²) < 4.78 is 0. The van der Waals surface area contributed by atoms with E-state index in [0.717, 1.165) is 11.0 Å². The van der Waals surface area contributed by atoms with Gasteiger partial charge in [0.2, 0.25) is 0 Å². The molecule has 0 spiro atoms. The number of hydrogen-bond donors (Lipinski definition) is 1. The molecule has 0 saturated heterocycles. The van der Waals surface area contributed by atoms with Gasteiger partial charge in [-0.05, 0) is 6.07 Å². The van der Waals surface area contributed by atoms with Crippen molar-refractivity contribution in [3.05, 3.63) is 33.9 Å². The van der Waals surface area contributed by atoms with E-state index in [1.807, 2.05) is 0 Å². The van der Waals surface area contributed by atoms with Gasteiger partial charge in [-0.1, -0.05) is 15.9 Å². The molecule has 0 saturated carbocycles. The first kappa shape index (κ1) is 13.6. The number of nitrogens with zero attached hydrogens (tertiary/aromatic N) is 2. The van der Waals surface area contributed by atoms with Crippen LogP contribution in [0.25, 0.3) is 0 Å². The number of halogens is 1. The normalized spacial score (nSPS) is 15.6. The second kappa shape index (κ2) is 5.06. The Bertz CT molecular complexity index is 574. The Balaban J connectivity index is 2.41. The van der Waals surface area contributed by atoms with Crippen molar-refractivity contribution in [2.75, 3.05) is 16.8 Å². The van der Waals surface area contributed by atoms with E-state index in [2.05, 4.69) is 15.9 Å². The predicted molar refractivity (Wildman–Crippen MR) is 69.6 cm³/mol. The van der Waals surface area contributed by atoms with E-state index >= 15 is 0 Å². The molecule has 8 heteroatoms. The van der Waals surface area contributed by atoms with Gasteiger partial charge in [0.1, 0.15) is 0 Å². The summed E-state index contributed by atoms with van der Waals surface area (Å²) in [5.41, 5.74) is 0.0457. The number of amides is 1. The molecular weight excluding hydrogens is 320 g/mol. The number of ketones is 1. The van der Waals surface area contributed by atoms with Crippen molar-refractivity contribution < 1.29 is 19.6 Å². The lowest BCUT2D eigenvalue weighted by Crippen LogP contribution is -2.37. The number of fused-ring (bicyclic) bond motifs is 1. The van der Waals surface area contributed by atoms with E-state index in [-0.39, 0.29) is 23.1 Å². The molecule has 2 rings (SSSR count). The van der Waals surface area contributed by atoms with Gasteiger partial charge in [0.25, 0.3) is 17.4 Å². The molecule has 0 aromatic heterocycles. The molecular formula is C11H9BrN2O5. The van der Waals surface area contributed by atoms with Gasteiger partial charge in [-0.3, -0.25) is 19.7 Å². The van der Waals surface area contributed by atoms with Crippen LogP contribution in [0.15, 0.2) is 18.2 Å². The minimum Gasteiger partial charge on any atom is -0.390 e. The van der Waals surface area contributed by atoms with Gasteiger partial charge < -0.3 is 10.0 Å². The summed E-state index contributed by atoms with van der Waals surface area (Å²) in [5.74, 6) is -1.57. The van der Waals surface area contributed by atoms with Crippen molar-refractivity contribution in [3.63, 3.8) is 0 Å². The molecule has 1 amide bonds. The molecule has 1 atom stereocenters. The third-order valence-corrected chi connectivity index (χ3v) is 3.48. The molecule has 1 unspecified atom stereocenters. The lowest BCUT2D eigenvalue weighted by molar-refractivity contribution is -0.384. The highest BCUT2D eigenvalue weighted by molar-refractivity contribution is 9.09. The summed E-state index contributed by atoms with van der Waals surface area (Å²) in [7, 11) is 0. The van der Waals surface area contributed by atoms with Crippen LogP contribution in [0.1, 0.15) is 10.4 Å². The number of anilines is 1. The maximum Gasteiger partial charge on any atom is 0.299 e. The van der Waals surface area contributed by atoms with E-state index in [0.29, 0.717) is 5.69 Å². The highest BCUT2D eigenvalue weighted by Crippen LogP contribution is 2.32. The fourth-order valence-electron chi connectivity index (χ4n) is 1.84. The molecule has 1 aromatic carbocycles. The van der Waals surface area contributed by atoms with Gasteiger partial charge in [0.05, 0.1) is 28.8 Å². The van der Waals surface area contributed by atoms with Crippen molar-refractivity contribution in [3.8, 4) is 0 Å². The highest BCUT2D eigenvalue weighted by Gasteiger charge is 2.37. The van der Waals surface area contributed by atoms with Crippen LogP contribution in [-0.2, 0) is 4.79 Å². The quantitative estimate of drug-likeness (QED) is 0.382. The summed E-state index contributed by atoms with van der Waals surface area (Å²) in [5, 5.41) is 20.4.